The zero-order valence-corrected chi connectivity index (χ0v) is 15.1. The molecule has 4 heteroatoms. The van der Waals surface area contributed by atoms with Crippen LogP contribution in [-0.2, 0) is 0 Å². The second-order valence-electron chi connectivity index (χ2n) is 6.83. The first-order valence-electron chi connectivity index (χ1n) is 8.79. The van der Waals surface area contributed by atoms with E-state index in [1.807, 2.05) is 0 Å². The van der Waals surface area contributed by atoms with Crippen molar-refractivity contribution in [2.45, 2.75) is 52.0 Å². The predicted octanol–water partition coefficient (Wildman–Crippen LogP) is 5.72. The summed E-state index contributed by atoms with van der Waals surface area (Å²) in [5, 5.41) is 7.10. The predicted molar refractivity (Wildman–Crippen MR) is 103 cm³/mol. The third-order valence-corrected chi connectivity index (χ3v) is 6.02. The van der Waals surface area contributed by atoms with Crippen molar-refractivity contribution in [2.75, 3.05) is 5.32 Å². The number of rotatable bonds is 3. The van der Waals surface area contributed by atoms with E-state index in [2.05, 4.69) is 52.7 Å². The SMILES string of the molecule is Cc1ccc(-c2csc3ncnc(NC4CCCCC4)c23)cc1C. The van der Waals surface area contributed by atoms with Gasteiger partial charge in [-0.05, 0) is 43.4 Å². The molecule has 0 amide bonds. The molecule has 124 valence electrons. The van der Waals surface area contributed by atoms with Crippen LogP contribution in [0.15, 0.2) is 29.9 Å². The molecule has 0 bridgehead atoms. The zero-order valence-electron chi connectivity index (χ0n) is 14.3. The normalized spacial score (nSPS) is 15.8. The molecule has 0 aliphatic heterocycles. The van der Waals surface area contributed by atoms with E-state index in [1.54, 1.807) is 17.7 Å². The van der Waals surface area contributed by atoms with Crippen LogP contribution in [0.5, 0.6) is 0 Å². The minimum Gasteiger partial charge on any atom is -0.367 e. The summed E-state index contributed by atoms with van der Waals surface area (Å²) < 4.78 is 0. The molecule has 1 aliphatic carbocycles. The molecule has 4 rings (SSSR count). The van der Waals surface area contributed by atoms with Crippen molar-refractivity contribution in [3.63, 3.8) is 0 Å². The lowest BCUT2D eigenvalue weighted by Gasteiger charge is -2.23. The van der Waals surface area contributed by atoms with Gasteiger partial charge in [0.2, 0.25) is 0 Å². The molecule has 24 heavy (non-hydrogen) atoms. The Hall–Kier alpha value is -1.94. The molecule has 3 aromatic rings. The fourth-order valence-corrected chi connectivity index (χ4v) is 4.46. The van der Waals surface area contributed by atoms with Crippen LogP contribution in [0.25, 0.3) is 21.3 Å². The summed E-state index contributed by atoms with van der Waals surface area (Å²) in [6, 6.07) is 7.23. The zero-order chi connectivity index (χ0) is 16.5. The maximum Gasteiger partial charge on any atom is 0.139 e. The van der Waals surface area contributed by atoms with E-state index in [0.29, 0.717) is 6.04 Å². The van der Waals surface area contributed by atoms with Gasteiger partial charge < -0.3 is 5.32 Å². The molecule has 0 atom stereocenters. The summed E-state index contributed by atoms with van der Waals surface area (Å²) in [5.41, 5.74) is 5.16. The first-order chi connectivity index (χ1) is 11.7. The van der Waals surface area contributed by atoms with Crippen molar-refractivity contribution >= 4 is 27.4 Å². The summed E-state index contributed by atoms with van der Waals surface area (Å²) in [4.78, 5) is 10.1. The Labute approximate surface area is 147 Å². The summed E-state index contributed by atoms with van der Waals surface area (Å²) >= 11 is 1.70. The van der Waals surface area contributed by atoms with E-state index < -0.39 is 0 Å². The molecule has 1 saturated carbocycles. The Morgan fingerprint density at radius 2 is 1.88 bits per heavy atom. The van der Waals surface area contributed by atoms with Crippen LogP contribution in [-0.4, -0.2) is 16.0 Å². The van der Waals surface area contributed by atoms with Crippen molar-refractivity contribution in [3.8, 4) is 11.1 Å². The van der Waals surface area contributed by atoms with Crippen molar-refractivity contribution in [1.29, 1.82) is 0 Å². The number of hydrogen-bond acceptors (Lipinski definition) is 4. The molecule has 1 N–H and O–H groups in total. The van der Waals surface area contributed by atoms with E-state index in [0.717, 1.165) is 10.6 Å². The topological polar surface area (TPSA) is 37.8 Å². The van der Waals surface area contributed by atoms with Gasteiger partial charge in [-0.2, -0.15) is 0 Å². The first-order valence-corrected chi connectivity index (χ1v) is 9.66. The number of aromatic nitrogens is 2. The Kier molecular flexibility index (Phi) is 4.23. The largest absolute Gasteiger partial charge is 0.367 e. The Morgan fingerprint density at radius 3 is 2.67 bits per heavy atom. The molecular formula is C20H23N3S. The smallest absolute Gasteiger partial charge is 0.139 e. The first kappa shape index (κ1) is 15.6. The lowest BCUT2D eigenvalue weighted by atomic mass is 9.95. The van der Waals surface area contributed by atoms with Crippen LogP contribution >= 0.6 is 11.3 Å². The van der Waals surface area contributed by atoms with Crippen molar-refractivity contribution < 1.29 is 0 Å². The molecule has 1 aromatic carbocycles. The van der Waals surface area contributed by atoms with Gasteiger partial charge in [-0.15, -0.1) is 11.3 Å². The molecule has 0 spiro atoms. The molecular weight excluding hydrogens is 314 g/mol. The van der Waals surface area contributed by atoms with Crippen LogP contribution in [0.1, 0.15) is 43.2 Å². The highest BCUT2D eigenvalue weighted by molar-refractivity contribution is 7.17. The van der Waals surface area contributed by atoms with Crippen molar-refractivity contribution in [2.24, 2.45) is 0 Å². The Balaban J connectivity index is 1.77. The minimum absolute atomic E-state index is 0.546. The molecule has 1 fully saturated rings. The highest BCUT2D eigenvalue weighted by Crippen LogP contribution is 2.37. The highest BCUT2D eigenvalue weighted by Gasteiger charge is 2.18. The van der Waals surface area contributed by atoms with Gasteiger partial charge in [0.1, 0.15) is 17.0 Å². The van der Waals surface area contributed by atoms with Crippen LogP contribution < -0.4 is 5.32 Å². The summed E-state index contributed by atoms with van der Waals surface area (Å²) in [6.07, 6.45) is 8.18. The Bertz CT molecular complexity index is 862. The summed E-state index contributed by atoms with van der Waals surface area (Å²) in [6.45, 7) is 4.33. The van der Waals surface area contributed by atoms with Crippen LogP contribution in [0, 0.1) is 13.8 Å². The fourth-order valence-electron chi connectivity index (χ4n) is 3.55. The van der Waals surface area contributed by atoms with Gasteiger partial charge in [-0.1, -0.05) is 37.5 Å². The maximum absolute atomic E-state index is 4.58. The van der Waals surface area contributed by atoms with E-state index in [9.17, 15) is 0 Å². The van der Waals surface area contributed by atoms with Crippen LogP contribution in [0.2, 0.25) is 0 Å². The number of nitrogens with one attached hydrogen (secondary N) is 1. The standard InChI is InChI=1S/C20H23N3S/c1-13-8-9-15(10-14(13)2)17-11-24-20-18(17)19(21-12-22-20)23-16-6-4-3-5-7-16/h8-12,16H,3-7H2,1-2H3,(H,21,22,23). The van der Waals surface area contributed by atoms with Gasteiger partial charge in [0.15, 0.2) is 0 Å². The average molecular weight is 337 g/mol. The molecule has 2 heterocycles. The van der Waals surface area contributed by atoms with Gasteiger partial charge in [0, 0.05) is 17.0 Å². The summed E-state index contributed by atoms with van der Waals surface area (Å²) in [7, 11) is 0. The molecule has 0 saturated heterocycles. The van der Waals surface area contributed by atoms with E-state index in [-0.39, 0.29) is 0 Å². The monoisotopic (exact) mass is 337 g/mol. The lowest BCUT2D eigenvalue weighted by Crippen LogP contribution is -2.22. The third-order valence-electron chi connectivity index (χ3n) is 5.13. The van der Waals surface area contributed by atoms with Gasteiger partial charge in [0.05, 0.1) is 5.39 Å². The fraction of sp³-hybridized carbons (Fsp3) is 0.400. The van der Waals surface area contributed by atoms with Crippen LogP contribution in [0.4, 0.5) is 5.82 Å². The van der Waals surface area contributed by atoms with E-state index >= 15 is 0 Å². The number of nitrogens with zero attached hydrogens (tertiary/aromatic N) is 2. The van der Waals surface area contributed by atoms with E-state index in [1.165, 1.54) is 59.7 Å². The molecule has 1 aliphatic rings. The molecule has 0 unspecified atom stereocenters. The van der Waals surface area contributed by atoms with Gasteiger partial charge >= 0.3 is 0 Å². The molecule has 2 aromatic heterocycles. The van der Waals surface area contributed by atoms with Gasteiger partial charge in [-0.25, -0.2) is 9.97 Å². The van der Waals surface area contributed by atoms with Crippen molar-refractivity contribution in [3.05, 3.63) is 41.0 Å². The number of benzene rings is 1. The molecule has 0 radical (unpaired) electrons. The summed E-state index contributed by atoms with van der Waals surface area (Å²) in [5.74, 6) is 1.00. The minimum atomic E-state index is 0.546. The number of fused-ring (bicyclic) bond motifs is 1. The van der Waals surface area contributed by atoms with Gasteiger partial charge in [0.25, 0.3) is 0 Å². The van der Waals surface area contributed by atoms with Crippen LogP contribution in [0.3, 0.4) is 0 Å². The third kappa shape index (κ3) is 2.91. The number of thiophene rings is 1. The average Bonchev–Trinajstić information content (AvgIpc) is 3.03. The Morgan fingerprint density at radius 1 is 1.04 bits per heavy atom. The number of aryl methyl sites for hydroxylation is 2. The maximum atomic E-state index is 4.58. The number of hydrogen-bond donors (Lipinski definition) is 1. The van der Waals surface area contributed by atoms with Gasteiger partial charge in [-0.3, -0.25) is 0 Å². The number of anilines is 1. The second-order valence-corrected chi connectivity index (χ2v) is 7.69. The lowest BCUT2D eigenvalue weighted by molar-refractivity contribution is 0.462. The molecule has 3 nitrogen and oxygen atoms in total. The van der Waals surface area contributed by atoms with Crippen molar-refractivity contribution in [1.82, 2.24) is 9.97 Å². The quantitative estimate of drug-likeness (QED) is 0.664. The highest BCUT2D eigenvalue weighted by atomic mass is 32.1. The van der Waals surface area contributed by atoms with E-state index in [4.69, 9.17) is 0 Å². The second kappa shape index (κ2) is 6.52.